The number of hydrogen-bond acceptors (Lipinski definition) is 3. The van der Waals surface area contributed by atoms with Gasteiger partial charge < -0.3 is 10.2 Å². The summed E-state index contributed by atoms with van der Waals surface area (Å²) in [4.78, 5) is 12.7. The van der Waals surface area contributed by atoms with Crippen molar-refractivity contribution in [2.24, 2.45) is 0 Å². The lowest BCUT2D eigenvalue weighted by Gasteiger charge is -2.35. The fraction of sp³-hybridized carbons (Fsp3) is 0.833. The standard InChI is InChI=1S/C6H12N2OS/c1-8(6(9)4-10)5-2-7-3-5/h5,7,10H,2-4H2,1H3. The molecule has 0 saturated carbocycles. The summed E-state index contributed by atoms with van der Waals surface area (Å²) in [7, 11) is 1.82. The van der Waals surface area contributed by atoms with Crippen molar-refractivity contribution < 1.29 is 4.79 Å². The molecule has 1 fully saturated rings. The molecule has 0 radical (unpaired) electrons. The molecule has 0 unspecified atom stereocenters. The van der Waals surface area contributed by atoms with Crippen LogP contribution in [0.3, 0.4) is 0 Å². The quantitative estimate of drug-likeness (QED) is 0.526. The Hall–Kier alpha value is -0.220. The Bertz CT molecular complexity index is 136. The van der Waals surface area contributed by atoms with E-state index in [0.29, 0.717) is 11.8 Å². The van der Waals surface area contributed by atoms with E-state index < -0.39 is 0 Å². The van der Waals surface area contributed by atoms with Crippen molar-refractivity contribution in [2.45, 2.75) is 6.04 Å². The summed E-state index contributed by atoms with van der Waals surface area (Å²) in [6, 6.07) is 0.402. The third-order valence-corrected chi connectivity index (χ3v) is 2.11. The molecule has 0 bridgehead atoms. The summed E-state index contributed by atoms with van der Waals surface area (Å²) in [5.41, 5.74) is 0. The minimum absolute atomic E-state index is 0.106. The molecule has 0 aromatic heterocycles. The van der Waals surface area contributed by atoms with E-state index in [-0.39, 0.29) is 5.91 Å². The molecule has 1 N–H and O–H groups in total. The number of hydrogen-bond donors (Lipinski definition) is 2. The molecule has 1 heterocycles. The molecule has 4 heteroatoms. The Morgan fingerprint density at radius 1 is 1.80 bits per heavy atom. The van der Waals surface area contributed by atoms with Gasteiger partial charge in [-0.1, -0.05) is 0 Å². The molecule has 1 aliphatic heterocycles. The average molecular weight is 160 g/mol. The molecule has 10 heavy (non-hydrogen) atoms. The van der Waals surface area contributed by atoms with Crippen molar-refractivity contribution in [3.63, 3.8) is 0 Å². The first-order valence-electron chi connectivity index (χ1n) is 3.33. The van der Waals surface area contributed by atoms with Crippen LogP contribution < -0.4 is 5.32 Å². The van der Waals surface area contributed by atoms with Crippen molar-refractivity contribution in [3.8, 4) is 0 Å². The highest BCUT2D eigenvalue weighted by molar-refractivity contribution is 7.81. The fourth-order valence-corrected chi connectivity index (χ4v) is 1.09. The van der Waals surface area contributed by atoms with E-state index in [1.54, 1.807) is 4.90 Å². The second-order valence-electron chi connectivity index (χ2n) is 2.47. The topological polar surface area (TPSA) is 32.3 Å². The van der Waals surface area contributed by atoms with Crippen LogP contribution in [-0.4, -0.2) is 42.7 Å². The molecule has 1 saturated heterocycles. The van der Waals surface area contributed by atoms with Gasteiger partial charge in [-0.05, 0) is 0 Å². The zero-order valence-corrected chi connectivity index (χ0v) is 6.90. The van der Waals surface area contributed by atoms with E-state index >= 15 is 0 Å². The highest BCUT2D eigenvalue weighted by Gasteiger charge is 2.23. The van der Waals surface area contributed by atoms with Gasteiger partial charge in [-0.15, -0.1) is 0 Å². The molecule has 0 aromatic carbocycles. The smallest absolute Gasteiger partial charge is 0.232 e. The third-order valence-electron chi connectivity index (χ3n) is 1.84. The van der Waals surface area contributed by atoms with Crippen molar-refractivity contribution >= 4 is 18.5 Å². The zero-order valence-electron chi connectivity index (χ0n) is 6.00. The minimum Gasteiger partial charge on any atom is -0.340 e. The second-order valence-corrected chi connectivity index (χ2v) is 2.79. The van der Waals surface area contributed by atoms with Gasteiger partial charge >= 0.3 is 0 Å². The van der Waals surface area contributed by atoms with Gasteiger partial charge in [-0.2, -0.15) is 12.6 Å². The highest BCUT2D eigenvalue weighted by Crippen LogP contribution is 2.02. The molecule has 3 nitrogen and oxygen atoms in total. The van der Waals surface area contributed by atoms with Crippen LogP contribution in [0.5, 0.6) is 0 Å². The van der Waals surface area contributed by atoms with Gasteiger partial charge in [0.25, 0.3) is 0 Å². The highest BCUT2D eigenvalue weighted by atomic mass is 32.1. The van der Waals surface area contributed by atoms with Gasteiger partial charge in [-0.3, -0.25) is 4.79 Å². The number of likely N-dealkylation sites (N-methyl/N-ethyl adjacent to an activating group) is 1. The molecule has 0 spiro atoms. The molecule has 58 valence electrons. The van der Waals surface area contributed by atoms with Crippen molar-refractivity contribution in [1.82, 2.24) is 10.2 Å². The Kier molecular flexibility index (Phi) is 2.56. The second kappa shape index (κ2) is 3.25. The molecule has 0 aliphatic carbocycles. The van der Waals surface area contributed by atoms with Crippen molar-refractivity contribution in [3.05, 3.63) is 0 Å². The van der Waals surface area contributed by atoms with Crippen LogP contribution >= 0.6 is 12.6 Å². The maximum absolute atomic E-state index is 11.0. The maximum atomic E-state index is 11.0. The molecule has 0 aromatic rings. The van der Waals surface area contributed by atoms with E-state index in [2.05, 4.69) is 17.9 Å². The van der Waals surface area contributed by atoms with E-state index in [1.807, 2.05) is 7.05 Å². The Morgan fingerprint density at radius 2 is 2.40 bits per heavy atom. The van der Waals surface area contributed by atoms with Gasteiger partial charge in [-0.25, -0.2) is 0 Å². The van der Waals surface area contributed by atoms with Gasteiger partial charge in [0.05, 0.1) is 11.8 Å². The van der Waals surface area contributed by atoms with Crippen LogP contribution in [0.1, 0.15) is 0 Å². The SMILES string of the molecule is CN(C(=O)CS)C1CNC1. The summed E-state index contributed by atoms with van der Waals surface area (Å²) >= 11 is 3.90. The number of carbonyl (C=O) groups excluding carboxylic acids is 1. The Labute approximate surface area is 66.2 Å². The fourth-order valence-electron chi connectivity index (χ4n) is 0.862. The third kappa shape index (κ3) is 1.44. The van der Waals surface area contributed by atoms with Crippen LogP contribution in [-0.2, 0) is 4.79 Å². The number of carbonyl (C=O) groups is 1. The van der Waals surface area contributed by atoms with E-state index in [1.165, 1.54) is 0 Å². The van der Waals surface area contributed by atoms with Crippen LogP contribution in [0, 0.1) is 0 Å². The molecule has 1 rings (SSSR count). The number of nitrogens with one attached hydrogen (secondary N) is 1. The lowest BCUT2D eigenvalue weighted by atomic mass is 10.1. The molecule has 0 atom stereocenters. The molecule has 1 amide bonds. The normalized spacial score (nSPS) is 18.2. The maximum Gasteiger partial charge on any atom is 0.232 e. The number of nitrogens with zero attached hydrogens (tertiary/aromatic N) is 1. The lowest BCUT2D eigenvalue weighted by Crippen LogP contribution is -2.57. The summed E-state index contributed by atoms with van der Waals surface area (Å²) in [5.74, 6) is 0.419. The predicted octanol–water partition coefficient (Wildman–Crippen LogP) is -0.654. The van der Waals surface area contributed by atoms with E-state index in [9.17, 15) is 4.79 Å². The summed E-state index contributed by atoms with van der Waals surface area (Å²) in [6.45, 7) is 1.85. The molecular weight excluding hydrogens is 148 g/mol. The summed E-state index contributed by atoms with van der Waals surface area (Å²) < 4.78 is 0. The van der Waals surface area contributed by atoms with E-state index in [0.717, 1.165) is 13.1 Å². The van der Waals surface area contributed by atoms with Crippen molar-refractivity contribution in [1.29, 1.82) is 0 Å². The van der Waals surface area contributed by atoms with Crippen LogP contribution in [0.2, 0.25) is 0 Å². The number of rotatable bonds is 2. The van der Waals surface area contributed by atoms with E-state index in [4.69, 9.17) is 0 Å². The largest absolute Gasteiger partial charge is 0.340 e. The first-order valence-corrected chi connectivity index (χ1v) is 3.96. The van der Waals surface area contributed by atoms with Gasteiger partial charge in [0.15, 0.2) is 0 Å². The number of amides is 1. The molecular formula is C6H12N2OS. The lowest BCUT2D eigenvalue weighted by molar-refractivity contribution is -0.129. The number of thiol groups is 1. The zero-order chi connectivity index (χ0) is 7.56. The van der Waals surface area contributed by atoms with Crippen molar-refractivity contribution in [2.75, 3.05) is 25.9 Å². The predicted molar refractivity (Wildman–Crippen MR) is 43.3 cm³/mol. The van der Waals surface area contributed by atoms with Gasteiger partial charge in [0.1, 0.15) is 0 Å². The average Bonchev–Trinajstić information content (AvgIpc) is 1.82. The molecule has 1 aliphatic rings. The Morgan fingerprint density at radius 3 is 2.70 bits per heavy atom. The van der Waals surface area contributed by atoms with Crippen LogP contribution in [0.25, 0.3) is 0 Å². The summed E-state index contributed by atoms with van der Waals surface area (Å²) in [6.07, 6.45) is 0. The van der Waals surface area contributed by atoms with Crippen LogP contribution in [0.4, 0.5) is 0 Å². The minimum atomic E-state index is 0.106. The van der Waals surface area contributed by atoms with Gasteiger partial charge in [0, 0.05) is 20.1 Å². The first-order chi connectivity index (χ1) is 4.75. The monoisotopic (exact) mass is 160 g/mol. The van der Waals surface area contributed by atoms with Crippen LogP contribution in [0.15, 0.2) is 0 Å². The summed E-state index contributed by atoms with van der Waals surface area (Å²) in [5, 5.41) is 3.10. The van der Waals surface area contributed by atoms with Gasteiger partial charge in [0.2, 0.25) is 5.91 Å². The first kappa shape index (κ1) is 7.88. The Balaban J connectivity index is 2.31.